The fraction of sp³-hybridized carbons (Fsp3) is 0.667. The zero-order valence-corrected chi connectivity index (χ0v) is 13.5. The predicted octanol–water partition coefficient (Wildman–Crippen LogP) is 3.59. The third kappa shape index (κ3) is 3.83. The summed E-state index contributed by atoms with van der Waals surface area (Å²) in [6.45, 7) is 12.6. The van der Waals surface area contributed by atoms with E-state index in [9.17, 15) is 0 Å². The first-order chi connectivity index (χ1) is 9.63. The highest BCUT2D eigenvalue weighted by Crippen LogP contribution is 2.21. The van der Waals surface area contributed by atoms with E-state index in [-0.39, 0.29) is 0 Å². The van der Waals surface area contributed by atoms with Crippen molar-refractivity contribution in [1.29, 1.82) is 0 Å². The number of hydrogen-bond donors (Lipinski definition) is 1. The first kappa shape index (κ1) is 15.5. The third-order valence-corrected chi connectivity index (χ3v) is 4.80. The number of piperazine rings is 1. The van der Waals surface area contributed by atoms with Gasteiger partial charge in [0.1, 0.15) is 0 Å². The summed E-state index contributed by atoms with van der Waals surface area (Å²) in [6, 6.07) is 10.3. The van der Waals surface area contributed by atoms with Crippen molar-refractivity contribution >= 4 is 0 Å². The topological polar surface area (TPSA) is 15.3 Å². The van der Waals surface area contributed by atoms with Gasteiger partial charge in [-0.25, -0.2) is 0 Å². The molecule has 1 saturated heterocycles. The van der Waals surface area contributed by atoms with Crippen LogP contribution >= 0.6 is 0 Å². The molecule has 3 unspecified atom stereocenters. The van der Waals surface area contributed by atoms with Gasteiger partial charge in [-0.2, -0.15) is 0 Å². The van der Waals surface area contributed by atoms with Crippen molar-refractivity contribution in [2.75, 3.05) is 13.1 Å². The zero-order chi connectivity index (χ0) is 14.5. The monoisotopic (exact) mass is 274 g/mol. The average molecular weight is 274 g/mol. The molecule has 0 aromatic heterocycles. The molecule has 112 valence electrons. The normalized spacial score (nSPS) is 25.6. The summed E-state index contributed by atoms with van der Waals surface area (Å²) >= 11 is 0. The van der Waals surface area contributed by atoms with Crippen LogP contribution in [0, 0.1) is 12.8 Å². The lowest BCUT2D eigenvalue weighted by Gasteiger charge is -2.43. The molecule has 1 aliphatic heterocycles. The summed E-state index contributed by atoms with van der Waals surface area (Å²) in [5.74, 6) is 0.755. The quantitative estimate of drug-likeness (QED) is 0.882. The number of nitrogens with zero attached hydrogens (tertiary/aromatic N) is 1. The largest absolute Gasteiger partial charge is 0.311 e. The minimum atomic E-state index is 0.653. The lowest BCUT2D eigenvalue weighted by molar-refractivity contribution is 0.0832. The summed E-state index contributed by atoms with van der Waals surface area (Å²) in [6.07, 6.45) is 2.48. The Morgan fingerprint density at radius 1 is 1.35 bits per heavy atom. The maximum atomic E-state index is 3.72. The lowest BCUT2D eigenvalue weighted by atomic mass is 9.93. The van der Waals surface area contributed by atoms with Crippen molar-refractivity contribution in [1.82, 2.24) is 10.2 Å². The van der Waals surface area contributed by atoms with E-state index in [1.165, 1.54) is 30.5 Å². The highest BCUT2D eigenvalue weighted by atomic mass is 15.2. The van der Waals surface area contributed by atoms with Gasteiger partial charge in [0.2, 0.25) is 0 Å². The predicted molar refractivity (Wildman–Crippen MR) is 86.9 cm³/mol. The highest BCUT2D eigenvalue weighted by Gasteiger charge is 2.29. The van der Waals surface area contributed by atoms with Gasteiger partial charge in [0, 0.05) is 31.7 Å². The van der Waals surface area contributed by atoms with Crippen LogP contribution in [-0.4, -0.2) is 30.1 Å². The van der Waals surface area contributed by atoms with Crippen molar-refractivity contribution in [3.8, 4) is 0 Å². The Bertz CT molecular complexity index is 416. The second-order valence-corrected chi connectivity index (χ2v) is 6.38. The molecule has 0 radical (unpaired) electrons. The molecule has 0 aliphatic carbocycles. The highest BCUT2D eigenvalue weighted by molar-refractivity contribution is 5.22. The minimum Gasteiger partial charge on any atom is -0.311 e. The minimum absolute atomic E-state index is 0.653. The molecule has 2 nitrogen and oxygen atoms in total. The summed E-state index contributed by atoms with van der Waals surface area (Å²) in [5, 5.41) is 3.72. The molecule has 0 bridgehead atoms. The van der Waals surface area contributed by atoms with E-state index in [0.29, 0.717) is 12.1 Å². The van der Waals surface area contributed by atoms with Gasteiger partial charge in [0.25, 0.3) is 0 Å². The van der Waals surface area contributed by atoms with Crippen molar-refractivity contribution in [3.63, 3.8) is 0 Å². The van der Waals surface area contributed by atoms with Crippen molar-refractivity contribution in [3.05, 3.63) is 35.4 Å². The molecule has 1 N–H and O–H groups in total. The molecule has 2 heteroatoms. The molecule has 1 fully saturated rings. The summed E-state index contributed by atoms with van der Waals surface area (Å²) < 4.78 is 0. The van der Waals surface area contributed by atoms with E-state index in [4.69, 9.17) is 0 Å². The van der Waals surface area contributed by atoms with Crippen LogP contribution in [0.4, 0.5) is 0 Å². The molecule has 2 rings (SSSR count). The SMILES string of the molecule is CCC1CN(Cc2cccc(C)c2)C(C(C)CC)CN1. The lowest BCUT2D eigenvalue weighted by Crippen LogP contribution is -2.57. The molecular formula is C18H30N2. The smallest absolute Gasteiger partial charge is 0.0250 e. The molecular weight excluding hydrogens is 244 g/mol. The van der Waals surface area contributed by atoms with Crippen LogP contribution in [0.2, 0.25) is 0 Å². The Balaban J connectivity index is 2.10. The average Bonchev–Trinajstić information content (AvgIpc) is 2.46. The third-order valence-electron chi connectivity index (χ3n) is 4.80. The number of hydrogen-bond acceptors (Lipinski definition) is 2. The van der Waals surface area contributed by atoms with E-state index in [1.54, 1.807) is 0 Å². The van der Waals surface area contributed by atoms with E-state index < -0.39 is 0 Å². The Kier molecular flexibility index (Phi) is 5.62. The molecule has 20 heavy (non-hydrogen) atoms. The van der Waals surface area contributed by atoms with Crippen LogP contribution in [0.3, 0.4) is 0 Å². The number of rotatable bonds is 5. The maximum absolute atomic E-state index is 3.72. The summed E-state index contributed by atoms with van der Waals surface area (Å²) in [4.78, 5) is 2.70. The second-order valence-electron chi connectivity index (χ2n) is 6.38. The molecule has 3 atom stereocenters. The summed E-state index contributed by atoms with van der Waals surface area (Å²) in [7, 11) is 0. The second kappa shape index (κ2) is 7.24. The van der Waals surface area contributed by atoms with Gasteiger partial charge < -0.3 is 5.32 Å². The Labute approximate surface area is 124 Å². The van der Waals surface area contributed by atoms with E-state index in [0.717, 1.165) is 19.0 Å². The number of nitrogens with one attached hydrogen (secondary N) is 1. The fourth-order valence-corrected chi connectivity index (χ4v) is 3.23. The molecule has 0 spiro atoms. The molecule has 0 saturated carbocycles. The van der Waals surface area contributed by atoms with Crippen LogP contribution in [0.1, 0.15) is 44.7 Å². The molecule has 1 heterocycles. The summed E-state index contributed by atoms with van der Waals surface area (Å²) in [5.41, 5.74) is 2.82. The Morgan fingerprint density at radius 3 is 2.80 bits per heavy atom. The van der Waals surface area contributed by atoms with Crippen LogP contribution < -0.4 is 5.32 Å². The Morgan fingerprint density at radius 2 is 2.15 bits per heavy atom. The van der Waals surface area contributed by atoms with Gasteiger partial charge in [-0.15, -0.1) is 0 Å². The van der Waals surface area contributed by atoms with Gasteiger partial charge in [0.05, 0.1) is 0 Å². The van der Waals surface area contributed by atoms with E-state index >= 15 is 0 Å². The Hall–Kier alpha value is -0.860. The van der Waals surface area contributed by atoms with Crippen molar-refractivity contribution in [2.24, 2.45) is 5.92 Å². The van der Waals surface area contributed by atoms with Crippen LogP contribution in [-0.2, 0) is 6.54 Å². The number of aryl methyl sites for hydroxylation is 1. The van der Waals surface area contributed by atoms with Crippen LogP contribution in [0.25, 0.3) is 0 Å². The van der Waals surface area contributed by atoms with Crippen molar-refractivity contribution in [2.45, 2.75) is 59.2 Å². The molecule has 1 aliphatic rings. The molecule has 1 aromatic carbocycles. The fourth-order valence-electron chi connectivity index (χ4n) is 3.23. The zero-order valence-electron chi connectivity index (χ0n) is 13.5. The standard InChI is InChI=1S/C18H30N2/c1-5-15(4)18-11-19-17(6-2)13-20(18)12-16-9-7-8-14(3)10-16/h7-10,15,17-19H,5-6,11-13H2,1-4H3. The maximum Gasteiger partial charge on any atom is 0.0250 e. The van der Waals surface area contributed by atoms with E-state index in [1.807, 2.05) is 0 Å². The van der Waals surface area contributed by atoms with Gasteiger partial charge in [0.15, 0.2) is 0 Å². The molecule has 0 amide bonds. The van der Waals surface area contributed by atoms with Crippen LogP contribution in [0.15, 0.2) is 24.3 Å². The van der Waals surface area contributed by atoms with Crippen LogP contribution in [0.5, 0.6) is 0 Å². The van der Waals surface area contributed by atoms with Gasteiger partial charge in [-0.1, -0.05) is 57.0 Å². The van der Waals surface area contributed by atoms with Gasteiger partial charge in [-0.05, 0) is 24.8 Å². The van der Waals surface area contributed by atoms with Gasteiger partial charge >= 0.3 is 0 Å². The molecule has 1 aromatic rings. The van der Waals surface area contributed by atoms with Crippen molar-refractivity contribution < 1.29 is 0 Å². The van der Waals surface area contributed by atoms with E-state index in [2.05, 4.69) is 62.2 Å². The van der Waals surface area contributed by atoms with Gasteiger partial charge in [-0.3, -0.25) is 4.90 Å². The first-order valence-corrected chi connectivity index (χ1v) is 8.17. The first-order valence-electron chi connectivity index (χ1n) is 8.17. The number of benzene rings is 1.